The number of hydrogen-bond donors (Lipinski definition) is 5. The first-order valence-electron chi connectivity index (χ1n) is 12.3. The summed E-state index contributed by atoms with van der Waals surface area (Å²) in [6.45, 7) is 7.45. The monoisotopic (exact) mass is 492 g/mol. The zero-order valence-electron chi connectivity index (χ0n) is 20.6. The van der Waals surface area contributed by atoms with Gasteiger partial charge in [-0.1, -0.05) is 25.0 Å². The van der Waals surface area contributed by atoms with Crippen LogP contribution in [0, 0.1) is 11.8 Å². The molecule has 0 spiro atoms. The van der Waals surface area contributed by atoms with Gasteiger partial charge in [-0.05, 0) is 51.7 Å². The molecule has 9 heteroatoms. The molecule has 0 aromatic heterocycles. The quantitative estimate of drug-likeness (QED) is 0.378. The Morgan fingerprint density at radius 1 is 1.23 bits per heavy atom. The molecule has 9 nitrogen and oxygen atoms in total. The normalized spacial score (nSPS) is 33.7. The highest BCUT2D eigenvalue weighted by Crippen LogP contribution is 2.55. The SMILES string of the molecule is CCCc1cc2c(c(OC3O[C@H](O)[C@@H](O)[C@H](O)[C@H]3CO)c1C(=O)O)[C@@H]1C=C(C)CC[C@H]1C(C)(C)O2. The van der Waals surface area contributed by atoms with Crippen molar-refractivity contribution >= 4 is 5.97 Å². The van der Waals surface area contributed by atoms with E-state index in [9.17, 15) is 30.3 Å². The van der Waals surface area contributed by atoms with Crippen LogP contribution in [0.5, 0.6) is 11.5 Å². The van der Waals surface area contributed by atoms with Crippen molar-refractivity contribution in [3.63, 3.8) is 0 Å². The summed E-state index contributed by atoms with van der Waals surface area (Å²) in [5.41, 5.74) is 1.79. The average Bonchev–Trinajstić information content (AvgIpc) is 2.77. The summed E-state index contributed by atoms with van der Waals surface area (Å²) < 4.78 is 18.0. The predicted molar refractivity (Wildman–Crippen MR) is 125 cm³/mol. The maximum atomic E-state index is 12.6. The lowest BCUT2D eigenvalue weighted by Crippen LogP contribution is -2.57. The molecular formula is C26H36O9. The number of aliphatic hydroxyl groups excluding tert-OH is 4. The van der Waals surface area contributed by atoms with E-state index < -0.39 is 48.9 Å². The smallest absolute Gasteiger partial charge is 0.339 e. The topological polar surface area (TPSA) is 146 Å². The van der Waals surface area contributed by atoms with E-state index in [1.54, 1.807) is 6.07 Å². The van der Waals surface area contributed by atoms with Gasteiger partial charge in [0.15, 0.2) is 6.29 Å². The second-order valence-electron chi connectivity index (χ2n) is 10.4. The molecule has 4 rings (SSSR count). The van der Waals surface area contributed by atoms with Crippen molar-refractivity contribution < 1.29 is 44.5 Å². The minimum absolute atomic E-state index is 0.0281. The summed E-state index contributed by atoms with van der Waals surface area (Å²) in [4.78, 5) is 12.6. The minimum Gasteiger partial charge on any atom is -0.487 e. The number of benzene rings is 1. The second kappa shape index (κ2) is 9.71. The van der Waals surface area contributed by atoms with E-state index in [2.05, 4.69) is 6.08 Å². The number of aromatic carboxylic acids is 1. The van der Waals surface area contributed by atoms with Crippen LogP contribution in [0.4, 0.5) is 0 Å². The number of fused-ring (bicyclic) bond motifs is 3. The molecule has 7 atom stereocenters. The largest absolute Gasteiger partial charge is 0.487 e. The van der Waals surface area contributed by atoms with Gasteiger partial charge in [0.05, 0.1) is 18.6 Å². The molecule has 0 saturated carbocycles. The van der Waals surface area contributed by atoms with Crippen LogP contribution in [0.25, 0.3) is 0 Å². The van der Waals surface area contributed by atoms with Gasteiger partial charge in [0.2, 0.25) is 6.29 Å². The average molecular weight is 493 g/mol. The Labute approximate surface area is 204 Å². The van der Waals surface area contributed by atoms with Crippen LogP contribution in [-0.4, -0.2) is 68.5 Å². The Bertz CT molecular complexity index is 1000. The fourth-order valence-electron chi connectivity index (χ4n) is 5.74. The zero-order chi connectivity index (χ0) is 25.7. The van der Waals surface area contributed by atoms with Gasteiger partial charge >= 0.3 is 5.97 Å². The summed E-state index contributed by atoms with van der Waals surface area (Å²) in [5.74, 6) is -1.82. The van der Waals surface area contributed by atoms with Crippen molar-refractivity contribution in [2.75, 3.05) is 6.61 Å². The molecule has 0 amide bonds. The predicted octanol–water partition coefficient (Wildman–Crippen LogP) is 2.33. The summed E-state index contributed by atoms with van der Waals surface area (Å²) in [7, 11) is 0. The third kappa shape index (κ3) is 4.56. The third-order valence-corrected chi connectivity index (χ3v) is 7.59. The van der Waals surface area contributed by atoms with E-state index >= 15 is 0 Å². The van der Waals surface area contributed by atoms with Crippen LogP contribution in [0.3, 0.4) is 0 Å². The summed E-state index contributed by atoms with van der Waals surface area (Å²) in [6.07, 6.45) is -1.26. The highest BCUT2D eigenvalue weighted by atomic mass is 16.7. The molecule has 1 saturated heterocycles. The Balaban J connectivity index is 1.92. The fraction of sp³-hybridized carbons (Fsp3) is 0.654. The zero-order valence-corrected chi connectivity index (χ0v) is 20.6. The van der Waals surface area contributed by atoms with Crippen LogP contribution in [0.1, 0.15) is 74.4 Å². The molecule has 1 unspecified atom stereocenters. The van der Waals surface area contributed by atoms with E-state index in [4.69, 9.17) is 14.2 Å². The molecule has 1 aliphatic carbocycles. The summed E-state index contributed by atoms with van der Waals surface area (Å²) in [5, 5.41) is 50.7. The maximum absolute atomic E-state index is 12.6. The lowest BCUT2D eigenvalue weighted by atomic mass is 9.67. The van der Waals surface area contributed by atoms with Crippen molar-refractivity contribution in [1.82, 2.24) is 0 Å². The van der Waals surface area contributed by atoms with Gasteiger partial charge in [-0.2, -0.15) is 0 Å². The van der Waals surface area contributed by atoms with E-state index in [1.165, 1.54) is 5.57 Å². The molecular weight excluding hydrogens is 456 g/mol. The molecule has 2 heterocycles. The molecule has 35 heavy (non-hydrogen) atoms. The molecule has 1 aromatic carbocycles. The van der Waals surface area contributed by atoms with Gasteiger partial charge in [-0.3, -0.25) is 0 Å². The number of aliphatic hydroxyl groups is 4. The number of carboxylic acids is 1. The van der Waals surface area contributed by atoms with Gasteiger partial charge < -0.3 is 39.7 Å². The van der Waals surface area contributed by atoms with Gasteiger partial charge in [-0.25, -0.2) is 4.79 Å². The van der Waals surface area contributed by atoms with Crippen molar-refractivity contribution in [3.05, 3.63) is 34.4 Å². The van der Waals surface area contributed by atoms with Crippen LogP contribution in [0.2, 0.25) is 0 Å². The number of ether oxygens (including phenoxy) is 3. The van der Waals surface area contributed by atoms with Gasteiger partial charge in [0.25, 0.3) is 0 Å². The first-order chi connectivity index (χ1) is 16.5. The van der Waals surface area contributed by atoms with Crippen molar-refractivity contribution in [3.8, 4) is 11.5 Å². The van der Waals surface area contributed by atoms with Gasteiger partial charge in [0, 0.05) is 17.4 Å². The fourth-order valence-corrected chi connectivity index (χ4v) is 5.74. The molecule has 5 N–H and O–H groups in total. The first-order valence-corrected chi connectivity index (χ1v) is 12.3. The van der Waals surface area contributed by atoms with E-state index in [-0.39, 0.29) is 23.1 Å². The van der Waals surface area contributed by atoms with E-state index in [1.807, 2.05) is 27.7 Å². The number of allylic oxidation sites excluding steroid dienone is 2. The highest BCUT2D eigenvalue weighted by Gasteiger charge is 2.49. The summed E-state index contributed by atoms with van der Waals surface area (Å²) in [6, 6.07) is 1.78. The molecule has 1 aromatic rings. The lowest BCUT2D eigenvalue weighted by Gasteiger charge is -2.47. The van der Waals surface area contributed by atoms with Crippen LogP contribution >= 0.6 is 0 Å². The van der Waals surface area contributed by atoms with Crippen LogP contribution in [-0.2, 0) is 11.2 Å². The lowest BCUT2D eigenvalue weighted by molar-refractivity contribution is -0.313. The molecule has 0 radical (unpaired) electrons. The van der Waals surface area contributed by atoms with E-state index in [0.29, 0.717) is 29.7 Å². The Kier molecular flexibility index (Phi) is 7.19. The Morgan fingerprint density at radius 3 is 2.57 bits per heavy atom. The minimum atomic E-state index is -1.76. The number of hydrogen-bond acceptors (Lipinski definition) is 8. The number of carboxylic acid groups (broad SMARTS) is 1. The third-order valence-electron chi connectivity index (χ3n) is 7.59. The molecule has 3 aliphatic rings. The molecule has 0 bridgehead atoms. The second-order valence-corrected chi connectivity index (χ2v) is 10.4. The maximum Gasteiger partial charge on any atom is 0.339 e. The number of aryl methyl sites for hydroxylation is 1. The van der Waals surface area contributed by atoms with Gasteiger partial charge in [-0.15, -0.1) is 0 Å². The Morgan fingerprint density at radius 2 is 1.94 bits per heavy atom. The molecule has 1 fully saturated rings. The first kappa shape index (κ1) is 25.9. The van der Waals surface area contributed by atoms with Gasteiger partial charge in [0.1, 0.15) is 28.8 Å². The van der Waals surface area contributed by atoms with Crippen molar-refractivity contribution in [2.45, 2.75) is 89.7 Å². The van der Waals surface area contributed by atoms with Crippen LogP contribution in [0.15, 0.2) is 17.7 Å². The number of rotatable bonds is 6. The van der Waals surface area contributed by atoms with Crippen molar-refractivity contribution in [2.24, 2.45) is 11.8 Å². The summed E-state index contributed by atoms with van der Waals surface area (Å²) >= 11 is 0. The van der Waals surface area contributed by atoms with E-state index in [0.717, 1.165) is 12.8 Å². The molecule has 2 aliphatic heterocycles. The number of carbonyl (C=O) groups is 1. The highest BCUT2D eigenvalue weighted by molar-refractivity contribution is 5.94. The molecule has 194 valence electrons. The standard InChI is InChI=1S/C26H36O9/c1-5-6-13-10-17-19(14-9-12(2)7-8-16(14)26(3,4)35-17)22(18(13)23(30)31)33-25-15(11-27)20(28)21(29)24(32)34-25/h9-10,14-16,20-21,24-25,27-29,32H,5-8,11H2,1-4H3,(H,30,31)/t14-,15-,16-,20-,21+,24+,25?/m1/s1. The van der Waals surface area contributed by atoms with Crippen molar-refractivity contribution in [1.29, 1.82) is 0 Å². The van der Waals surface area contributed by atoms with Crippen LogP contribution < -0.4 is 9.47 Å². The Hall–Kier alpha value is -2.17.